The third kappa shape index (κ3) is 7.04. The first-order chi connectivity index (χ1) is 16.6. The lowest BCUT2D eigenvalue weighted by Crippen LogP contribution is -2.44. The zero-order chi connectivity index (χ0) is 25.6. The summed E-state index contributed by atoms with van der Waals surface area (Å²) in [5, 5.41) is 14.3. The molecule has 3 rings (SSSR count). The molecule has 0 bridgehead atoms. The molecule has 3 N–H and O–H groups in total. The molecule has 0 saturated heterocycles. The van der Waals surface area contributed by atoms with Gasteiger partial charge in [0.2, 0.25) is 5.91 Å². The van der Waals surface area contributed by atoms with Gasteiger partial charge in [-0.3, -0.25) is 4.79 Å². The lowest BCUT2D eigenvalue weighted by Gasteiger charge is -2.29. The predicted molar refractivity (Wildman–Crippen MR) is 143 cm³/mol. The van der Waals surface area contributed by atoms with Crippen LogP contribution in [0.5, 0.6) is 5.75 Å². The molecule has 1 amide bonds. The number of carbonyl (C=O) groups excluding carboxylic acids is 1. The van der Waals surface area contributed by atoms with Gasteiger partial charge in [-0.2, -0.15) is 0 Å². The third-order valence-corrected chi connectivity index (χ3v) is 6.05. The second-order valence-corrected chi connectivity index (χ2v) is 9.97. The maximum atomic E-state index is 13.3. The van der Waals surface area contributed by atoms with Crippen LogP contribution in [-0.4, -0.2) is 24.2 Å². The molecule has 3 atom stereocenters. The number of hydrogen-bond acceptors (Lipinski definition) is 4. The summed E-state index contributed by atoms with van der Waals surface area (Å²) >= 11 is 0. The first-order valence-corrected chi connectivity index (χ1v) is 12.1. The van der Waals surface area contributed by atoms with Crippen molar-refractivity contribution in [1.82, 2.24) is 5.32 Å². The van der Waals surface area contributed by atoms with Crippen LogP contribution in [0.3, 0.4) is 0 Å². The van der Waals surface area contributed by atoms with E-state index in [9.17, 15) is 9.18 Å². The minimum absolute atomic E-state index is 0. The number of anilines is 1. The Hall–Kier alpha value is -3.41. The van der Waals surface area contributed by atoms with E-state index in [1.807, 2.05) is 58.0 Å². The Morgan fingerprint density at radius 1 is 1.26 bits per heavy atom. The Balaban J connectivity index is 0.00000456. The summed E-state index contributed by atoms with van der Waals surface area (Å²) in [5.41, 5.74) is 3.11. The summed E-state index contributed by atoms with van der Waals surface area (Å²) < 4.78 is 19.7. The molecule has 0 saturated carbocycles. The second kappa shape index (κ2) is 11.3. The van der Waals surface area contributed by atoms with Crippen molar-refractivity contribution in [3.63, 3.8) is 0 Å². The van der Waals surface area contributed by atoms with Gasteiger partial charge in [0.1, 0.15) is 17.7 Å². The number of nitrogens with one attached hydrogen (secondary N) is 3. The van der Waals surface area contributed by atoms with Crippen LogP contribution in [0.25, 0.3) is 0 Å². The highest BCUT2D eigenvalue weighted by Gasteiger charge is 2.28. The van der Waals surface area contributed by atoms with Crippen molar-refractivity contribution in [2.75, 3.05) is 5.32 Å². The van der Waals surface area contributed by atoms with Gasteiger partial charge in [-0.05, 0) is 61.2 Å². The number of ether oxygens (including phenoxy) is 1. The number of carbonyl (C=O) groups is 1. The van der Waals surface area contributed by atoms with Crippen LogP contribution < -0.4 is 15.4 Å². The van der Waals surface area contributed by atoms with Gasteiger partial charge >= 0.3 is 0 Å². The van der Waals surface area contributed by atoms with Crippen LogP contribution in [0, 0.1) is 10.8 Å². The Morgan fingerprint density at radius 2 is 1.97 bits per heavy atom. The highest BCUT2D eigenvalue weighted by Crippen LogP contribution is 2.30. The smallest absolute Gasteiger partial charge is 0.225 e. The molecule has 1 aliphatic carbocycles. The van der Waals surface area contributed by atoms with Gasteiger partial charge in [-0.15, -0.1) is 0 Å². The van der Waals surface area contributed by atoms with Crippen molar-refractivity contribution in [3.05, 3.63) is 83.2 Å². The van der Waals surface area contributed by atoms with Crippen molar-refractivity contribution >= 4 is 17.8 Å². The first-order valence-electron chi connectivity index (χ1n) is 12.1. The molecule has 1 aliphatic rings. The molecule has 0 aromatic heterocycles. The Labute approximate surface area is 209 Å². The molecule has 0 spiro atoms. The molecule has 0 radical (unpaired) electrons. The topological polar surface area (TPSA) is 74.2 Å². The molecule has 0 heterocycles. The van der Waals surface area contributed by atoms with Crippen LogP contribution >= 0.6 is 0 Å². The van der Waals surface area contributed by atoms with Gasteiger partial charge in [-0.25, -0.2) is 4.39 Å². The van der Waals surface area contributed by atoms with E-state index in [0.29, 0.717) is 17.7 Å². The van der Waals surface area contributed by atoms with E-state index in [2.05, 4.69) is 29.7 Å². The summed E-state index contributed by atoms with van der Waals surface area (Å²) in [6, 6.07) is 13.4. The average molecular weight is 480 g/mol. The van der Waals surface area contributed by atoms with E-state index >= 15 is 0 Å². The van der Waals surface area contributed by atoms with E-state index < -0.39 is 11.5 Å². The molecular formula is C29H38FN3O2. The molecular weight excluding hydrogens is 441 g/mol. The van der Waals surface area contributed by atoms with Crippen molar-refractivity contribution in [1.29, 1.82) is 5.41 Å². The highest BCUT2D eigenvalue weighted by molar-refractivity contribution is 5.86. The normalized spacial score (nSPS) is 17.2. The number of amides is 1. The molecule has 35 heavy (non-hydrogen) atoms. The number of aryl methyl sites for hydroxylation is 1. The van der Waals surface area contributed by atoms with Crippen LogP contribution in [0.15, 0.2) is 66.5 Å². The number of halogens is 1. The Morgan fingerprint density at radius 3 is 2.54 bits per heavy atom. The number of hydrogen-bond donors (Lipinski definition) is 3. The van der Waals surface area contributed by atoms with E-state index in [1.165, 1.54) is 17.9 Å². The molecule has 0 aliphatic heterocycles. The van der Waals surface area contributed by atoms with Gasteiger partial charge < -0.3 is 20.8 Å². The van der Waals surface area contributed by atoms with Crippen LogP contribution in [0.2, 0.25) is 0 Å². The fourth-order valence-corrected chi connectivity index (χ4v) is 3.81. The number of benzene rings is 2. The first kappa shape index (κ1) is 26.2. The molecule has 5 nitrogen and oxygen atoms in total. The summed E-state index contributed by atoms with van der Waals surface area (Å²) in [6.45, 7) is 9.70. The van der Waals surface area contributed by atoms with Gasteiger partial charge in [-0.1, -0.05) is 58.0 Å². The molecule has 2 aromatic rings. The summed E-state index contributed by atoms with van der Waals surface area (Å²) in [5.74, 6) is 0.319. The van der Waals surface area contributed by atoms with Crippen molar-refractivity contribution in [2.45, 2.75) is 65.6 Å². The van der Waals surface area contributed by atoms with Gasteiger partial charge in [0.25, 0.3) is 0 Å². The van der Waals surface area contributed by atoms with Crippen molar-refractivity contribution in [2.24, 2.45) is 5.41 Å². The fourth-order valence-electron chi connectivity index (χ4n) is 3.81. The number of allylic oxidation sites excluding steroid dienone is 2. The Kier molecular flexibility index (Phi) is 8.49. The average Bonchev–Trinajstić information content (AvgIpc) is 2.84. The maximum absolute atomic E-state index is 13.3. The van der Waals surface area contributed by atoms with E-state index in [1.54, 1.807) is 12.2 Å². The number of rotatable bonds is 9. The summed E-state index contributed by atoms with van der Waals surface area (Å²) in [4.78, 5) is 12.7. The largest absolute Gasteiger partial charge is 0.484 e. The van der Waals surface area contributed by atoms with E-state index in [4.69, 9.17) is 10.1 Å². The molecule has 2 unspecified atom stereocenters. The Bertz CT molecular complexity index is 1110. The maximum Gasteiger partial charge on any atom is 0.225 e. The highest BCUT2D eigenvalue weighted by atomic mass is 19.1. The van der Waals surface area contributed by atoms with Gasteiger partial charge in [0, 0.05) is 30.3 Å². The summed E-state index contributed by atoms with van der Waals surface area (Å²) in [6.07, 6.45) is 7.11. The summed E-state index contributed by atoms with van der Waals surface area (Å²) in [7, 11) is 0. The molecule has 6 heteroatoms. The fraction of sp³-hybridized carbons (Fsp3) is 0.379. The zero-order valence-corrected chi connectivity index (χ0v) is 21.2. The van der Waals surface area contributed by atoms with E-state index in [-0.39, 0.29) is 25.2 Å². The second-order valence-electron chi connectivity index (χ2n) is 9.97. The minimum atomic E-state index is -0.517. The standard InChI is InChI=1S/C29H36FN3O2.H2/c1-6-20-7-9-21(10-8-20)27(19(2)32-28(34)29(3,4)5)35-25-15-16-26(22(17-25)18-31)33-24-13-11-23(30)12-14-24;/h7-13,15-19,24,27,31,33H,6,14H2,1-5H3,(H,32,34);1H/t19?,24?,27-;/m0./s1. The van der Waals surface area contributed by atoms with Crippen LogP contribution in [-0.2, 0) is 11.2 Å². The van der Waals surface area contributed by atoms with Crippen molar-refractivity contribution in [3.8, 4) is 5.75 Å². The van der Waals surface area contributed by atoms with Gasteiger partial charge in [0.15, 0.2) is 0 Å². The molecule has 2 aromatic carbocycles. The quantitative estimate of drug-likeness (QED) is 0.348. The predicted octanol–water partition coefficient (Wildman–Crippen LogP) is 6.76. The van der Waals surface area contributed by atoms with Gasteiger partial charge in [0.05, 0.1) is 6.04 Å². The van der Waals surface area contributed by atoms with Crippen LogP contribution in [0.1, 0.15) is 65.3 Å². The minimum Gasteiger partial charge on any atom is -0.484 e. The SMILES string of the molecule is CCc1ccc([C@@H](Oc2ccc(NC3C=CC(F)=CC3)c(C=N)c2)C(C)NC(=O)C(C)(C)C)cc1.[HH]. The van der Waals surface area contributed by atoms with Crippen LogP contribution in [0.4, 0.5) is 10.1 Å². The zero-order valence-electron chi connectivity index (χ0n) is 21.2. The lowest BCUT2D eigenvalue weighted by molar-refractivity contribution is -0.129. The third-order valence-electron chi connectivity index (χ3n) is 6.05. The lowest BCUT2D eigenvalue weighted by atomic mass is 9.94. The molecule has 0 fully saturated rings. The monoisotopic (exact) mass is 479 g/mol. The van der Waals surface area contributed by atoms with E-state index in [0.717, 1.165) is 17.7 Å². The molecule has 188 valence electrons. The van der Waals surface area contributed by atoms with Crippen molar-refractivity contribution < 1.29 is 15.3 Å².